The highest BCUT2D eigenvalue weighted by Crippen LogP contribution is 2.41. The van der Waals surface area contributed by atoms with Gasteiger partial charge in [-0.15, -0.1) is 0 Å². The van der Waals surface area contributed by atoms with E-state index in [1.807, 2.05) is 30.5 Å². The van der Waals surface area contributed by atoms with E-state index in [1.54, 1.807) is 6.33 Å². The van der Waals surface area contributed by atoms with Gasteiger partial charge in [0.25, 0.3) is 0 Å². The minimum atomic E-state index is -0.0828. The summed E-state index contributed by atoms with van der Waals surface area (Å²) in [5, 5.41) is 10.9. The highest BCUT2D eigenvalue weighted by atomic mass is 35.5. The number of aromatic nitrogens is 4. The third-order valence-corrected chi connectivity index (χ3v) is 4.63. The molecule has 24 heavy (non-hydrogen) atoms. The van der Waals surface area contributed by atoms with Gasteiger partial charge in [-0.1, -0.05) is 23.7 Å². The summed E-state index contributed by atoms with van der Waals surface area (Å²) in [6.45, 7) is 2.86. The van der Waals surface area contributed by atoms with Crippen LogP contribution in [0.2, 0.25) is 5.02 Å². The second-order valence-corrected chi connectivity index (χ2v) is 6.21. The number of nitrogens with one attached hydrogen (secondary N) is 2. The molecule has 6 nitrogen and oxygen atoms in total. The number of H-pyrrole nitrogens is 1. The molecule has 0 spiro atoms. The first-order chi connectivity index (χ1) is 11.7. The number of carbonyl (C=O) groups is 1. The number of nitrogens with zero attached hydrogens (tertiary/aromatic N) is 3. The van der Waals surface area contributed by atoms with E-state index in [9.17, 15) is 4.79 Å². The van der Waals surface area contributed by atoms with E-state index < -0.39 is 0 Å². The van der Waals surface area contributed by atoms with E-state index in [0.717, 1.165) is 29.1 Å². The van der Waals surface area contributed by atoms with Gasteiger partial charge in [0.05, 0.1) is 12.0 Å². The average Bonchev–Trinajstić information content (AvgIpc) is 3.21. The predicted octanol–water partition coefficient (Wildman–Crippen LogP) is 3.42. The van der Waals surface area contributed by atoms with E-state index in [-0.39, 0.29) is 11.8 Å². The molecule has 4 rings (SSSR count). The van der Waals surface area contributed by atoms with Gasteiger partial charge in [-0.3, -0.25) is 9.89 Å². The summed E-state index contributed by atoms with van der Waals surface area (Å²) in [5.41, 5.74) is 3.89. The number of carbonyl (C=O) groups excluding carboxylic acids is 1. The number of halogens is 1. The molecule has 1 aliphatic rings. The van der Waals surface area contributed by atoms with Crippen molar-refractivity contribution in [2.75, 3.05) is 5.32 Å². The fourth-order valence-electron chi connectivity index (χ4n) is 3.23. The number of hydrogen-bond donors (Lipinski definition) is 2. The van der Waals surface area contributed by atoms with Gasteiger partial charge >= 0.3 is 0 Å². The average molecular weight is 342 g/mol. The predicted molar refractivity (Wildman–Crippen MR) is 92.0 cm³/mol. The fourth-order valence-corrected chi connectivity index (χ4v) is 3.36. The molecule has 1 atom stereocenters. The molecule has 0 fully saturated rings. The molecule has 1 aliphatic heterocycles. The number of aryl methyl sites for hydroxylation is 1. The Morgan fingerprint density at radius 1 is 1.33 bits per heavy atom. The molecule has 3 heterocycles. The highest BCUT2D eigenvalue weighted by Gasteiger charge is 2.33. The van der Waals surface area contributed by atoms with Crippen LogP contribution >= 0.6 is 11.6 Å². The molecule has 1 amide bonds. The molecule has 2 aromatic heterocycles. The van der Waals surface area contributed by atoms with Crippen LogP contribution in [-0.4, -0.2) is 25.7 Å². The number of hydrogen-bond acceptors (Lipinski definition) is 3. The molecule has 0 bridgehead atoms. The number of rotatable bonds is 3. The summed E-state index contributed by atoms with van der Waals surface area (Å²) in [7, 11) is 0. The lowest BCUT2D eigenvalue weighted by Gasteiger charge is -2.24. The normalized spacial score (nSPS) is 16.8. The van der Waals surface area contributed by atoms with Gasteiger partial charge in [-0.25, -0.2) is 4.98 Å². The van der Waals surface area contributed by atoms with Crippen molar-refractivity contribution in [3.8, 4) is 11.3 Å². The third kappa shape index (κ3) is 2.39. The van der Waals surface area contributed by atoms with Gasteiger partial charge < -0.3 is 9.88 Å². The van der Waals surface area contributed by atoms with Crippen molar-refractivity contribution in [3.05, 3.63) is 53.1 Å². The van der Waals surface area contributed by atoms with Gasteiger partial charge in [-0.05, 0) is 19.1 Å². The van der Waals surface area contributed by atoms with Crippen LogP contribution in [0.15, 0.2) is 36.8 Å². The van der Waals surface area contributed by atoms with Crippen LogP contribution in [0, 0.1) is 0 Å². The molecule has 0 saturated carbocycles. The lowest BCUT2D eigenvalue weighted by molar-refractivity contribution is -0.116. The first kappa shape index (κ1) is 15.0. The summed E-state index contributed by atoms with van der Waals surface area (Å²) in [6, 6.07) is 7.58. The van der Waals surface area contributed by atoms with Gasteiger partial charge in [0.15, 0.2) is 5.82 Å². The smallest absolute Gasteiger partial charge is 0.226 e. The molecular formula is C17H16ClN5O. The van der Waals surface area contributed by atoms with E-state index in [2.05, 4.69) is 32.0 Å². The first-order valence-corrected chi connectivity index (χ1v) is 8.19. The Kier molecular flexibility index (Phi) is 3.61. The zero-order valence-electron chi connectivity index (χ0n) is 13.1. The summed E-state index contributed by atoms with van der Waals surface area (Å²) in [5.74, 6) is 0.469. The summed E-state index contributed by atoms with van der Waals surface area (Å²) in [4.78, 5) is 16.4. The monoisotopic (exact) mass is 341 g/mol. The lowest BCUT2D eigenvalue weighted by atomic mass is 9.87. The van der Waals surface area contributed by atoms with E-state index in [4.69, 9.17) is 11.6 Å². The van der Waals surface area contributed by atoms with Gasteiger partial charge in [-0.2, -0.15) is 5.10 Å². The van der Waals surface area contributed by atoms with Crippen molar-refractivity contribution >= 4 is 23.3 Å². The van der Waals surface area contributed by atoms with Crippen molar-refractivity contribution in [2.45, 2.75) is 25.8 Å². The van der Waals surface area contributed by atoms with Crippen molar-refractivity contribution < 1.29 is 4.79 Å². The second-order valence-electron chi connectivity index (χ2n) is 5.78. The maximum atomic E-state index is 12.1. The third-order valence-electron chi connectivity index (χ3n) is 4.37. The van der Waals surface area contributed by atoms with Crippen molar-refractivity contribution in [1.29, 1.82) is 0 Å². The number of amides is 1. The Morgan fingerprint density at radius 2 is 2.12 bits per heavy atom. The van der Waals surface area contributed by atoms with E-state index in [1.165, 1.54) is 0 Å². The Morgan fingerprint density at radius 3 is 2.88 bits per heavy atom. The van der Waals surface area contributed by atoms with Crippen LogP contribution in [0.1, 0.15) is 30.5 Å². The minimum absolute atomic E-state index is 0.0366. The van der Waals surface area contributed by atoms with E-state index in [0.29, 0.717) is 17.3 Å². The minimum Gasteiger partial charge on any atom is -0.334 e. The quantitative estimate of drug-likeness (QED) is 0.766. The van der Waals surface area contributed by atoms with Crippen LogP contribution in [-0.2, 0) is 11.3 Å². The van der Waals surface area contributed by atoms with Gasteiger partial charge in [0.2, 0.25) is 5.91 Å². The Hall–Kier alpha value is -2.60. The summed E-state index contributed by atoms with van der Waals surface area (Å²) >= 11 is 5.99. The molecule has 1 aromatic carbocycles. The maximum Gasteiger partial charge on any atom is 0.226 e. The highest BCUT2D eigenvalue weighted by molar-refractivity contribution is 6.30. The SMILES string of the molecule is CCn1cncc1C1CC(=O)Nc2n[nH]c(-c3ccc(Cl)cc3)c21. The topological polar surface area (TPSA) is 75.6 Å². The number of anilines is 1. The fraction of sp³-hybridized carbons (Fsp3) is 0.235. The molecule has 7 heteroatoms. The van der Waals surface area contributed by atoms with Crippen LogP contribution in [0.4, 0.5) is 5.82 Å². The van der Waals surface area contributed by atoms with Crippen molar-refractivity contribution in [1.82, 2.24) is 19.7 Å². The van der Waals surface area contributed by atoms with Crippen molar-refractivity contribution in [2.24, 2.45) is 0 Å². The molecule has 0 radical (unpaired) electrons. The standard InChI is InChI=1S/C17H16ClN5O/c1-2-23-9-19-8-13(23)12-7-14(24)20-17-15(12)16(21-22-17)10-3-5-11(18)6-4-10/h3-6,8-9,12H,2,7H2,1H3,(H2,20,21,22,24). The summed E-state index contributed by atoms with van der Waals surface area (Å²) in [6.07, 6.45) is 4.00. The molecule has 122 valence electrons. The Labute approximate surface area is 143 Å². The number of benzene rings is 1. The molecule has 0 aliphatic carbocycles. The van der Waals surface area contributed by atoms with Crippen LogP contribution in [0.3, 0.4) is 0 Å². The zero-order chi connectivity index (χ0) is 16.7. The summed E-state index contributed by atoms with van der Waals surface area (Å²) < 4.78 is 2.06. The number of aromatic amines is 1. The van der Waals surface area contributed by atoms with E-state index >= 15 is 0 Å². The van der Waals surface area contributed by atoms with Crippen molar-refractivity contribution in [3.63, 3.8) is 0 Å². The first-order valence-electron chi connectivity index (χ1n) is 7.81. The van der Waals surface area contributed by atoms with Gasteiger partial charge in [0, 0.05) is 46.9 Å². The largest absolute Gasteiger partial charge is 0.334 e. The Balaban J connectivity index is 1.87. The number of imidazole rings is 1. The van der Waals surface area contributed by atoms with Crippen LogP contribution < -0.4 is 5.32 Å². The maximum absolute atomic E-state index is 12.1. The molecular weight excluding hydrogens is 326 g/mol. The molecule has 1 unspecified atom stereocenters. The Bertz CT molecular complexity index is 896. The molecule has 2 N–H and O–H groups in total. The van der Waals surface area contributed by atoms with Crippen LogP contribution in [0.5, 0.6) is 0 Å². The molecule has 3 aromatic rings. The van der Waals surface area contributed by atoms with Gasteiger partial charge in [0.1, 0.15) is 0 Å². The molecule has 0 saturated heterocycles. The second kappa shape index (κ2) is 5.79. The number of fused-ring (bicyclic) bond motifs is 1. The van der Waals surface area contributed by atoms with Crippen LogP contribution in [0.25, 0.3) is 11.3 Å². The lowest BCUT2D eigenvalue weighted by Crippen LogP contribution is -2.24. The zero-order valence-corrected chi connectivity index (χ0v) is 13.8.